The highest BCUT2D eigenvalue weighted by Gasteiger charge is 2.34. The third-order valence-corrected chi connectivity index (χ3v) is 5.04. The Morgan fingerprint density at radius 2 is 2.03 bits per heavy atom. The van der Waals surface area contributed by atoms with Gasteiger partial charge in [-0.15, -0.1) is 0 Å². The molecular formula is C23H26F3N5O2. The molecule has 0 atom stereocenters. The molecule has 0 bridgehead atoms. The van der Waals surface area contributed by atoms with E-state index < -0.39 is 17.3 Å². The van der Waals surface area contributed by atoms with Crippen LogP contribution in [0.25, 0.3) is 11.4 Å². The summed E-state index contributed by atoms with van der Waals surface area (Å²) in [4.78, 5) is 36.9. The van der Waals surface area contributed by atoms with E-state index in [1.807, 2.05) is 6.92 Å². The summed E-state index contributed by atoms with van der Waals surface area (Å²) in [7, 11) is 0. The molecule has 0 saturated heterocycles. The van der Waals surface area contributed by atoms with Crippen molar-refractivity contribution < 1.29 is 18.0 Å². The molecule has 1 amide bonds. The lowest BCUT2D eigenvalue weighted by molar-refractivity contribution is -0.137. The molecule has 0 unspecified atom stereocenters. The molecule has 0 aliphatic carbocycles. The third-order valence-electron chi connectivity index (χ3n) is 5.04. The Labute approximate surface area is 189 Å². The number of allylic oxidation sites excluding steroid dienone is 1. The molecular weight excluding hydrogens is 435 g/mol. The molecule has 7 nitrogen and oxygen atoms in total. The molecule has 33 heavy (non-hydrogen) atoms. The second-order valence-electron chi connectivity index (χ2n) is 8.03. The monoisotopic (exact) mass is 461 g/mol. The summed E-state index contributed by atoms with van der Waals surface area (Å²) in [5, 5.41) is 2.68. The Bertz CT molecular complexity index is 1140. The fourth-order valence-electron chi connectivity index (χ4n) is 3.27. The summed E-state index contributed by atoms with van der Waals surface area (Å²) in [6.45, 7) is 5.74. The lowest BCUT2D eigenvalue weighted by Crippen LogP contribution is -2.27. The minimum atomic E-state index is -4.66. The molecule has 2 N–H and O–H groups in total. The molecule has 0 radical (unpaired) electrons. The number of anilines is 1. The molecule has 176 valence electrons. The first kappa shape index (κ1) is 24.2. The minimum absolute atomic E-state index is 0.0514. The van der Waals surface area contributed by atoms with Gasteiger partial charge in [0.2, 0.25) is 5.91 Å². The van der Waals surface area contributed by atoms with Crippen molar-refractivity contribution in [3.8, 4) is 11.4 Å². The average molecular weight is 461 g/mol. The van der Waals surface area contributed by atoms with Gasteiger partial charge in [-0.05, 0) is 30.2 Å². The predicted octanol–water partition coefficient (Wildman–Crippen LogP) is 4.26. The van der Waals surface area contributed by atoms with Crippen molar-refractivity contribution in [2.45, 2.75) is 46.3 Å². The van der Waals surface area contributed by atoms with E-state index in [4.69, 9.17) is 0 Å². The van der Waals surface area contributed by atoms with Gasteiger partial charge in [-0.1, -0.05) is 33.3 Å². The van der Waals surface area contributed by atoms with Crippen molar-refractivity contribution in [2.24, 2.45) is 10.9 Å². The summed E-state index contributed by atoms with van der Waals surface area (Å²) in [5.41, 5.74) is -0.424. The van der Waals surface area contributed by atoms with Crippen LogP contribution in [0.1, 0.15) is 44.7 Å². The van der Waals surface area contributed by atoms with Crippen LogP contribution >= 0.6 is 0 Å². The standard InChI is InChI=1S/C23H26F3N5O2/c1-4-5-16-8-9-31(13-28-16)19-11-20(32)30-21(29-19)17-10-15(12-27-22(33)14(2)3)6-7-18(17)23(24,25)26/h6-11,14H,4-5,12-13H2,1-3H3,(H,27,33)(H,29,30,32). The Morgan fingerprint density at radius 1 is 1.27 bits per heavy atom. The quantitative estimate of drug-likeness (QED) is 0.645. The number of nitrogens with one attached hydrogen (secondary N) is 2. The van der Waals surface area contributed by atoms with Gasteiger partial charge in [0.05, 0.1) is 5.56 Å². The molecule has 3 rings (SSSR count). The number of nitrogens with zero attached hydrogens (tertiary/aromatic N) is 3. The van der Waals surface area contributed by atoms with Crippen LogP contribution in [0.15, 0.2) is 46.3 Å². The van der Waals surface area contributed by atoms with Crippen molar-refractivity contribution in [1.82, 2.24) is 15.3 Å². The van der Waals surface area contributed by atoms with Crippen LogP contribution in [0.3, 0.4) is 0 Å². The van der Waals surface area contributed by atoms with Crippen LogP contribution < -0.4 is 15.8 Å². The van der Waals surface area contributed by atoms with Crippen molar-refractivity contribution >= 4 is 17.4 Å². The second-order valence-corrected chi connectivity index (χ2v) is 8.03. The number of hydrogen-bond donors (Lipinski definition) is 2. The third kappa shape index (κ3) is 6.09. The molecule has 2 heterocycles. The highest BCUT2D eigenvalue weighted by atomic mass is 19.4. The van der Waals surface area contributed by atoms with Crippen LogP contribution in [0.2, 0.25) is 0 Å². The zero-order valence-electron chi connectivity index (χ0n) is 18.7. The summed E-state index contributed by atoms with van der Waals surface area (Å²) in [6, 6.07) is 4.73. The first-order chi connectivity index (χ1) is 15.6. The second kappa shape index (κ2) is 10.0. The van der Waals surface area contributed by atoms with Gasteiger partial charge in [0.15, 0.2) is 0 Å². The smallest absolute Gasteiger partial charge is 0.352 e. The molecule has 1 aromatic heterocycles. The number of carbonyl (C=O) groups excluding carboxylic acids is 1. The molecule has 1 aliphatic rings. The molecule has 0 saturated carbocycles. The summed E-state index contributed by atoms with van der Waals surface area (Å²) < 4.78 is 41.2. The van der Waals surface area contributed by atoms with Gasteiger partial charge in [-0.25, -0.2) is 4.98 Å². The minimum Gasteiger partial charge on any atom is -0.352 e. The van der Waals surface area contributed by atoms with Crippen LogP contribution in [-0.4, -0.2) is 28.3 Å². The molecule has 1 aliphatic heterocycles. The molecule has 1 aromatic carbocycles. The zero-order valence-corrected chi connectivity index (χ0v) is 18.7. The van der Waals surface area contributed by atoms with Gasteiger partial charge in [-0.3, -0.25) is 14.6 Å². The SMILES string of the molecule is CCCC1=NCN(c2cc(=O)[nH]c(-c3cc(CNC(=O)C(C)C)ccc3C(F)(F)F)n2)C=C1. The highest BCUT2D eigenvalue weighted by Crippen LogP contribution is 2.36. The van der Waals surface area contributed by atoms with E-state index in [-0.39, 0.29) is 42.2 Å². The summed E-state index contributed by atoms with van der Waals surface area (Å²) in [6.07, 6.45) is 0.604. The molecule has 2 aromatic rings. The van der Waals surface area contributed by atoms with E-state index in [2.05, 4.69) is 20.3 Å². The number of aliphatic imine (C=N–C) groups is 1. The van der Waals surface area contributed by atoms with Gasteiger partial charge in [0.25, 0.3) is 5.56 Å². The van der Waals surface area contributed by atoms with Crippen molar-refractivity contribution in [2.75, 3.05) is 11.6 Å². The number of halogens is 3. The van der Waals surface area contributed by atoms with Gasteiger partial charge in [-0.2, -0.15) is 13.2 Å². The number of carbonyl (C=O) groups is 1. The fourth-order valence-corrected chi connectivity index (χ4v) is 3.27. The molecule has 0 fully saturated rings. The lowest BCUT2D eigenvalue weighted by Gasteiger charge is -2.22. The van der Waals surface area contributed by atoms with E-state index in [0.717, 1.165) is 24.6 Å². The number of rotatable bonds is 7. The van der Waals surface area contributed by atoms with Gasteiger partial charge in [0.1, 0.15) is 18.3 Å². The normalized spacial score (nSPS) is 13.9. The van der Waals surface area contributed by atoms with Gasteiger partial charge < -0.3 is 15.2 Å². The largest absolute Gasteiger partial charge is 0.417 e. The van der Waals surface area contributed by atoms with E-state index in [1.54, 1.807) is 31.0 Å². The Balaban J connectivity index is 1.98. The Kier molecular flexibility index (Phi) is 7.35. The number of aromatic amines is 1. The Hall–Kier alpha value is -3.43. The fraction of sp³-hybridized carbons (Fsp3) is 0.391. The topological polar surface area (TPSA) is 90.5 Å². The maximum Gasteiger partial charge on any atom is 0.417 e. The zero-order chi connectivity index (χ0) is 24.2. The van der Waals surface area contributed by atoms with Gasteiger partial charge >= 0.3 is 6.18 Å². The molecule has 0 spiro atoms. The summed E-state index contributed by atoms with van der Waals surface area (Å²) >= 11 is 0. The Morgan fingerprint density at radius 3 is 2.64 bits per heavy atom. The van der Waals surface area contributed by atoms with Crippen LogP contribution in [0.4, 0.5) is 19.0 Å². The van der Waals surface area contributed by atoms with Crippen LogP contribution in [0.5, 0.6) is 0 Å². The number of H-pyrrole nitrogens is 1. The van der Waals surface area contributed by atoms with Crippen molar-refractivity contribution in [1.29, 1.82) is 0 Å². The van der Waals surface area contributed by atoms with E-state index in [0.29, 0.717) is 5.56 Å². The maximum atomic E-state index is 13.7. The van der Waals surface area contributed by atoms with Crippen LogP contribution in [0, 0.1) is 5.92 Å². The maximum absolute atomic E-state index is 13.7. The molecule has 10 heteroatoms. The predicted molar refractivity (Wildman–Crippen MR) is 121 cm³/mol. The number of hydrogen-bond acceptors (Lipinski definition) is 5. The van der Waals surface area contributed by atoms with Crippen LogP contribution in [-0.2, 0) is 17.5 Å². The number of alkyl halides is 3. The van der Waals surface area contributed by atoms with Crippen molar-refractivity contribution in [3.05, 3.63) is 58.0 Å². The first-order valence-corrected chi connectivity index (χ1v) is 10.7. The number of benzene rings is 1. The van der Waals surface area contributed by atoms with Crippen molar-refractivity contribution in [3.63, 3.8) is 0 Å². The summed E-state index contributed by atoms with van der Waals surface area (Å²) in [5.74, 6) is -0.494. The van der Waals surface area contributed by atoms with E-state index in [9.17, 15) is 22.8 Å². The first-order valence-electron chi connectivity index (χ1n) is 10.7. The highest BCUT2D eigenvalue weighted by molar-refractivity contribution is 5.96. The number of amides is 1. The number of aromatic nitrogens is 2. The lowest BCUT2D eigenvalue weighted by atomic mass is 10.0. The van der Waals surface area contributed by atoms with E-state index in [1.165, 1.54) is 18.2 Å². The van der Waals surface area contributed by atoms with Gasteiger partial charge in [0, 0.05) is 36.0 Å². The average Bonchev–Trinajstić information content (AvgIpc) is 2.76. The van der Waals surface area contributed by atoms with E-state index >= 15 is 0 Å².